The van der Waals surface area contributed by atoms with Gasteiger partial charge in [-0.3, -0.25) is 38.9 Å². The highest BCUT2D eigenvalue weighted by Gasteiger charge is 2.19. The maximum Gasteiger partial charge on any atom is 0.213 e. The number of nitrogens with zero attached hydrogens (tertiary/aromatic N) is 15. The number of ketones is 5. The summed E-state index contributed by atoms with van der Waals surface area (Å²) in [6.45, 7) is 7.65. The molecule has 0 spiro atoms. The van der Waals surface area contributed by atoms with Gasteiger partial charge in [-0.1, -0.05) is 53.0 Å². The van der Waals surface area contributed by atoms with Gasteiger partial charge in [-0.15, -0.1) is 11.3 Å². The van der Waals surface area contributed by atoms with Crippen molar-refractivity contribution >= 4 is 75.1 Å². The van der Waals surface area contributed by atoms with Crippen LogP contribution in [0.3, 0.4) is 0 Å². The molecule has 0 atom stereocenters. The zero-order valence-electron chi connectivity index (χ0n) is 64.4. The lowest BCUT2D eigenvalue weighted by Gasteiger charge is -2.09. The van der Waals surface area contributed by atoms with Crippen molar-refractivity contribution in [3.05, 3.63) is 368 Å². The molecule has 26 nitrogen and oxygen atoms in total. The van der Waals surface area contributed by atoms with Gasteiger partial charge in [0.25, 0.3) is 0 Å². The van der Waals surface area contributed by atoms with Crippen molar-refractivity contribution in [2.45, 2.75) is 59.8 Å². The Morgan fingerprint density at radius 2 is 0.725 bits per heavy atom. The van der Waals surface area contributed by atoms with Crippen LogP contribution in [-0.2, 0) is 32.1 Å². The van der Waals surface area contributed by atoms with Crippen LogP contribution in [0, 0.1) is 39.3 Å². The second-order valence-electron chi connectivity index (χ2n) is 25.7. The number of aryl methyl sites for hydroxylation is 4. The zero-order valence-corrected chi connectivity index (χ0v) is 67.4. The van der Waals surface area contributed by atoms with E-state index in [-0.39, 0.29) is 72.3 Å². The normalized spacial score (nSPS) is 10.4. The number of carbonyl (C=O) groups excluding carboxylic acids is 5. The number of aromatic nitrogens is 15. The standard InChI is InChI=1S/C19H17N3O2.C18H14ClN3O3.C18H14ClN3O2.C17H11ClFN3O2.C16H12FN3O2S/c1-13-6-15(19(23)9-16-5-3-4-14(2)22-16)8-17(7-13)24-18-10-20-12-21-11-18;1-24-18-4-2-3-14(22-18)8-17(23)12-5-13(19)7-15(6-12)25-16-9-20-11-21-10-16;1-12-2-3-15(22-8-12)7-18(23)13-4-14(19)6-16(5-13)24-17-9-20-11-21-10-17;18-12-3-11(17(23)7-14-6-13(19)1-2-22-14)4-15(5-12)24-16-8-20-10-21-9-16;1-10-8-23-16(20-10)5-15(21)11-2-12(17)4-13(3-11)22-14-6-18-9-19-7-14/h3-8,10-12H,9H2,1-2H3;2-7,9-11H,8H2,1H3;2-6,8-11H,7H2,1H3;1-6,8-10H,7H2;2-4,6-9H,5H2,1H3. The minimum atomic E-state index is -0.544. The molecule has 0 saturated heterocycles. The number of benzene rings is 5. The maximum absolute atomic E-state index is 13.8. The molecule has 10 heterocycles. The summed E-state index contributed by atoms with van der Waals surface area (Å²) in [6, 6.07) is 40.9. The number of ether oxygens (including phenoxy) is 6. The van der Waals surface area contributed by atoms with Crippen molar-refractivity contribution in [1.82, 2.24) is 74.8 Å². The number of rotatable bonds is 26. The summed E-state index contributed by atoms with van der Waals surface area (Å²) in [5, 5.41) is 3.74. The monoisotopic (exact) mass is 1690 g/mol. The van der Waals surface area contributed by atoms with Gasteiger partial charge in [0, 0.05) is 95.6 Å². The molecule has 0 bridgehead atoms. The second-order valence-corrected chi connectivity index (χ2v) is 28.0. The van der Waals surface area contributed by atoms with Gasteiger partial charge in [-0.2, -0.15) is 0 Å². The van der Waals surface area contributed by atoms with E-state index >= 15 is 0 Å². The number of carbonyl (C=O) groups is 5. The van der Waals surface area contributed by atoms with Crippen LogP contribution in [0.5, 0.6) is 63.4 Å². The van der Waals surface area contributed by atoms with E-state index in [1.807, 2.05) is 75.5 Å². The predicted molar refractivity (Wildman–Crippen MR) is 442 cm³/mol. The smallest absolute Gasteiger partial charge is 0.213 e. The fourth-order valence-electron chi connectivity index (χ4n) is 10.8. The molecule has 0 fully saturated rings. The van der Waals surface area contributed by atoms with Gasteiger partial charge in [0.05, 0.1) is 113 Å². The summed E-state index contributed by atoms with van der Waals surface area (Å²) < 4.78 is 60.1. The molecule has 120 heavy (non-hydrogen) atoms. The van der Waals surface area contributed by atoms with Crippen LogP contribution in [0.1, 0.15) is 102 Å². The Kier molecular flexibility index (Phi) is 31.4. The molecule has 0 aliphatic carbocycles. The van der Waals surface area contributed by atoms with Crippen LogP contribution in [-0.4, -0.2) is 111 Å². The molecule has 10 aromatic heterocycles. The Hall–Kier alpha value is -14.4. The lowest BCUT2D eigenvalue weighted by molar-refractivity contribution is 0.0983. The highest BCUT2D eigenvalue weighted by Crippen LogP contribution is 2.32. The minimum Gasteiger partial charge on any atom is -0.481 e. The molecule has 0 unspecified atom stereocenters. The molecule has 0 N–H and O–H groups in total. The molecule has 0 radical (unpaired) electrons. The first kappa shape index (κ1) is 86.5. The van der Waals surface area contributed by atoms with Crippen LogP contribution in [0.4, 0.5) is 8.78 Å². The van der Waals surface area contributed by atoms with Crippen molar-refractivity contribution in [2.75, 3.05) is 7.11 Å². The van der Waals surface area contributed by atoms with Gasteiger partial charge < -0.3 is 28.4 Å². The van der Waals surface area contributed by atoms with Gasteiger partial charge in [-0.05, 0) is 160 Å². The number of methoxy groups -OCH3 is 1. The zero-order chi connectivity index (χ0) is 84.7. The van der Waals surface area contributed by atoms with E-state index in [9.17, 15) is 32.8 Å². The Morgan fingerprint density at radius 1 is 0.333 bits per heavy atom. The van der Waals surface area contributed by atoms with Crippen LogP contribution in [0.2, 0.25) is 15.1 Å². The van der Waals surface area contributed by atoms with Crippen LogP contribution in [0.15, 0.2) is 263 Å². The first-order valence-electron chi connectivity index (χ1n) is 36.0. The molecular weight excluding hydrogens is 1620 g/mol. The molecule has 15 rings (SSSR count). The average Bonchev–Trinajstić information content (AvgIpc) is 1.83. The fourth-order valence-corrected chi connectivity index (χ4v) is 12.2. The Labute approximate surface area is 704 Å². The van der Waals surface area contributed by atoms with Crippen LogP contribution >= 0.6 is 46.1 Å². The SMILES string of the molecule is COc1cccc(CC(=O)c2cc(Cl)cc(Oc3cncnc3)c2)n1.Cc1cc(Oc2cncnc2)cc(C(=O)Cc2cccc(C)n2)c1.Cc1ccc(CC(=O)c2cc(Cl)cc(Oc3cncnc3)c2)nc1.Cc1csc(CC(=O)c2cc(F)cc(Oc3cncnc3)c2)n1.O=C(Cc1cc(F)ccn1)c1cc(Cl)cc(Oc2cncnc2)c1. The molecule has 15 aromatic rings. The van der Waals surface area contributed by atoms with E-state index in [2.05, 4.69) is 74.8 Å². The summed E-state index contributed by atoms with van der Waals surface area (Å²) in [6.07, 6.45) is 25.9. The average molecular weight is 1690 g/mol. The lowest BCUT2D eigenvalue weighted by Crippen LogP contribution is -2.06. The van der Waals surface area contributed by atoms with Gasteiger partial charge in [0.2, 0.25) is 5.88 Å². The predicted octanol–water partition coefficient (Wildman–Crippen LogP) is 19.0. The summed E-state index contributed by atoms with van der Waals surface area (Å²) in [4.78, 5) is 122. The lowest BCUT2D eigenvalue weighted by atomic mass is 10.0. The van der Waals surface area contributed by atoms with Gasteiger partial charge in [0.1, 0.15) is 77.0 Å². The van der Waals surface area contributed by atoms with Crippen molar-refractivity contribution in [1.29, 1.82) is 0 Å². The van der Waals surface area contributed by atoms with E-state index in [0.29, 0.717) is 117 Å². The van der Waals surface area contributed by atoms with Gasteiger partial charge in [0.15, 0.2) is 57.7 Å². The first-order valence-corrected chi connectivity index (χ1v) is 38.0. The van der Waals surface area contributed by atoms with E-state index in [0.717, 1.165) is 28.2 Å². The third kappa shape index (κ3) is 28.2. The van der Waals surface area contributed by atoms with Crippen molar-refractivity contribution in [2.24, 2.45) is 0 Å². The molecule has 0 saturated carbocycles. The van der Waals surface area contributed by atoms with E-state index < -0.39 is 11.6 Å². The fraction of sp³-hybridized carbons (Fsp3) is 0.114. The van der Waals surface area contributed by atoms with Gasteiger partial charge in [-0.25, -0.2) is 68.6 Å². The number of pyridine rings is 4. The van der Waals surface area contributed by atoms with Crippen molar-refractivity contribution < 1.29 is 61.2 Å². The quantitative estimate of drug-likeness (QED) is 0.0454. The maximum atomic E-state index is 13.8. The molecule has 602 valence electrons. The van der Waals surface area contributed by atoms with E-state index in [4.69, 9.17) is 63.2 Å². The summed E-state index contributed by atoms with van der Waals surface area (Å²) in [5.74, 6) is 3.15. The van der Waals surface area contributed by atoms with Crippen molar-refractivity contribution in [3.8, 4) is 63.4 Å². The Morgan fingerprint density at radius 3 is 1.13 bits per heavy atom. The third-order valence-electron chi connectivity index (χ3n) is 16.0. The number of hydrogen-bond acceptors (Lipinski definition) is 27. The summed E-state index contributed by atoms with van der Waals surface area (Å²) in [5.41, 5.74) is 8.30. The van der Waals surface area contributed by atoms with E-state index in [1.54, 1.807) is 91.4 Å². The molecule has 0 amide bonds. The third-order valence-corrected chi connectivity index (χ3v) is 17.7. The molecular formula is C88H68Cl3F2N15O11S. The first-order chi connectivity index (χ1) is 58.0. The Balaban J connectivity index is 0.000000147. The van der Waals surface area contributed by atoms with Gasteiger partial charge >= 0.3 is 0 Å². The van der Waals surface area contributed by atoms with Crippen LogP contribution in [0.25, 0.3) is 0 Å². The molecule has 0 aliphatic heterocycles. The Bertz CT molecular complexity index is 5870. The number of Topliss-reactive ketones (excluding diaryl/α,β-unsaturated/α-hetero) is 5. The van der Waals surface area contributed by atoms with Crippen LogP contribution < -0.4 is 28.4 Å². The molecule has 32 heteroatoms. The largest absolute Gasteiger partial charge is 0.481 e. The topological polar surface area (TPSA) is 334 Å². The number of halogens is 5. The van der Waals surface area contributed by atoms with Crippen molar-refractivity contribution in [3.63, 3.8) is 0 Å². The number of hydrogen-bond donors (Lipinski definition) is 0. The number of thiazole rings is 1. The summed E-state index contributed by atoms with van der Waals surface area (Å²) in [7, 11) is 1.53. The van der Waals surface area contributed by atoms with E-state index in [1.165, 1.54) is 142 Å². The highest BCUT2D eigenvalue weighted by atomic mass is 35.5. The molecule has 0 aliphatic rings. The molecule has 5 aromatic carbocycles. The minimum absolute atomic E-state index is 0.00552. The second kappa shape index (κ2) is 43.5. The highest BCUT2D eigenvalue weighted by molar-refractivity contribution is 7.09. The summed E-state index contributed by atoms with van der Waals surface area (Å²) >= 11 is 19.7.